The molecule has 2 aromatic carbocycles. The third-order valence-electron chi connectivity index (χ3n) is 2.71. The summed E-state index contributed by atoms with van der Waals surface area (Å²) in [4.78, 5) is 10.6. The number of hydrogen-bond donors (Lipinski definition) is 2. The zero-order valence-electron chi connectivity index (χ0n) is 11.4. The first kappa shape index (κ1) is 15.4. The van der Waals surface area contributed by atoms with Crippen LogP contribution in [0.4, 0.5) is 13.6 Å². The molecule has 0 bridgehead atoms. The first-order valence-electron chi connectivity index (χ1n) is 6.30. The van der Waals surface area contributed by atoms with Gasteiger partial charge in [0.05, 0.1) is 6.21 Å². The second-order valence-electron chi connectivity index (χ2n) is 4.30. The lowest BCUT2D eigenvalue weighted by Crippen LogP contribution is -2.24. The van der Waals surface area contributed by atoms with Gasteiger partial charge in [0.15, 0.2) is 11.6 Å². The number of benzene rings is 2. The summed E-state index contributed by atoms with van der Waals surface area (Å²) in [5, 5.41) is 3.66. The van der Waals surface area contributed by atoms with Crippen molar-refractivity contribution in [3.63, 3.8) is 0 Å². The Morgan fingerprint density at radius 3 is 2.77 bits per heavy atom. The normalized spacial score (nSPS) is 10.6. The number of hydrogen-bond acceptors (Lipinski definition) is 3. The second-order valence-corrected chi connectivity index (χ2v) is 4.30. The molecule has 0 heterocycles. The molecule has 0 fully saturated rings. The van der Waals surface area contributed by atoms with Gasteiger partial charge in [-0.2, -0.15) is 5.10 Å². The first-order chi connectivity index (χ1) is 10.6. The fraction of sp³-hybridized carbons (Fsp3) is 0.0667. The Morgan fingerprint density at radius 1 is 1.27 bits per heavy atom. The molecule has 0 saturated carbocycles. The molecule has 2 amide bonds. The molecular formula is C15H13F2N3O2. The summed E-state index contributed by atoms with van der Waals surface area (Å²) < 4.78 is 31.6. The monoisotopic (exact) mass is 305 g/mol. The molecule has 0 unspecified atom stereocenters. The third kappa shape index (κ3) is 4.27. The Morgan fingerprint density at radius 2 is 2.05 bits per heavy atom. The van der Waals surface area contributed by atoms with E-state index in [1.165, 1.54) is 12.3 Å². The predicted octanol–water partition coefficient (Wildman–Crippen LogP) is 2.55. The van der Waals surface area contributed by atoms with E-state index in [0.717, 1.165) is 12.1 Å². The van der Waals surface area contributed by atoms with E-state index in [1.807, 2.05) is 0 Å². The quantitative estimate of drug-likeness (QED) is 0.658. The van der Waals surface area contributed by atoms with Gasteiger partial charge in [0, 0.05) is 11.6 Å². The lowest BCUT2D eigenvalue weighted by atomic mass is 10.1. The zero-order chi connectivity index (χ0) is 15.9. The summed E-state index contributed by atoms with van der Waals surface area (Å²) in [6.45, 7) is 0.0569. The molecule has 7 heteroatoms. The Labute approximate surface area is 125 Å². The lowest BCUT2D eigenvalue weighted by molar-refractivity contribution is 0.249. The van der Waals surface area contributed by atoms with Crippen LogP contribution in [0.25, 0.3) is 0 Å². The summed E-state index contributed by atoms with van der Waals surface area (Å²) in [5.74, 6) is -1.50. The topological polar surface area (TPSA) is 76.7 Å². The molecule has 2 aromatic rings. The number of halogens is 2. The van der Waals surface area contributed by atoms with Gasteiger partial charge < -0.3 is 10.5 Å². The van der Waals surface area contributed by atoms with E-state index in [4.69, 9.17) is 10.5 Å². The summed E-state index contributed by atoms with van der Waals surface area (Å²) >= 11 is 0. The van der Waals surface area contributed by atoms with E-state index in [9.17, 15) is 13.6 Å². The van der Waals surface area contributed by atoms with E-state index in [1.54, 1.807) is 24.3 Å². The molecule has 0 atom stereocenters. The van der Waals surface area contributed by atoms with Gasteiger partial charge in [0.25, 0.3) is 0 Å². The molecule has 114 valence electrons. The predicted molar refractivity (Wildman–Crippen MR) is 77.4 cm³/mol. The highest BCUT2D eigenvalue weighted by atomic mass is 19.1. The largest absolute Gasteiger partial charge is 0.486 e. The Bertz CT molecular complexity index is 705. The molecule has 0 aliphatic carbocycles. The van der Waals surface area contributed by atoms with Crippen LogP contribution in [0.2, 0.25) is 0 Å². The van der Waals surface area contributed by atoms with Gasteiger partial charge in [-0.05, 0) is 17.7 Å². The molecule has 0 saturated heterocycles. The number of ether oxygens (including phenoxy) is 1. The molecular weight excluding hydrogens is 292 g/mol. The standard InChI is InChI=1S/C15H13F2N3O2/c16-12-5-6-14(13(17)7-12)22-9-11-4-2-1-3-10(11)8-19-20-15(18)21/h1-8H,9H2,(H3,18,20,21). The van der Waals surface area contributed by atoms with Crippen LogP contribution in [-0.4, -0.2) is 12.2 Å². The van der Waals surface area contributed by atoms with Crippen LogP contribution >= 0.6 is 0 Å². The zero-order valence-corrected chi connectivity index (χ0v) is 11.4. The molecule has 0 aliphatic rings. The highest BCUT2D eigenvalue weighted by Crippen LogP contribution is 2.19. The van der Waals surface area contributed by atoms with E-state index >= 15 is 0 Å². The highest BCUT2D eigenvalue weighted by molar-refractivity contribution is 5.83. The van der Waals surface area contributed by atoms with Gasteiger partial charge in [-0.3, -0.25) is 0 Å². The van der Waals surface area contributed by atoms with E-state index in [-0.39, 0.29) is 12.4 Å². The molecule has 3 N–H and O–H groups in total. The minimum atomic E-state index is -0.779. The summed E-state index contributed by atoms with van der Waals surface area (Å²) in [6.07, 6.45) is 1.39. The van der Waals surface area contributed by atoms with Crippen molar-refractivity contribution in [2.75, 3.05) is 0 Å². The first-order valence-corrected chi connectivity index (χ1v) is 6.30. The summed E-state index contributed by atoms with van der Waals surface area (Å²) in [7, 11) is 0. The minimum Gasteiger partial charge on any atom is -0.486 e. The van der Waals surface area contributed by atoms with Gasteiger partial charge in [0.1, 0.15) is 12.4 Å². The third-order valence-corrected chi connectivity index (χ3v) is 2.71. The fourth-order valence-electron chi connectivity index (χ4n) is 1.70. The van der Waals surface area contributed by atoms with Crippen molar-refractivity contribution in [1.29, 1.82) is 0 Å². The van der Waals surface area contributed by atoms with Crippen LogP contribution < -0.4 is 15.9 Å². The lowest BCUT2D eigenvalue weighted by Gasteiger charge is -2.09. The van der Waals surface area contributed by atoms with Gasteiger partial charge in [0.2, 0.25) is 0 Å². The summed E-state index contributed by atoms with van der Waals surface area (Å²) in [5.41, 5.74) is 8.35. The van der Waals surface area contributed by atoms with Crippen LogP contribution in [0.1, 0.15) is 11.1 Å². The van der Waals surface area contributed by atoms with Crippen molar-refractivity contribution in [3.8, 4) is 5.75 Å². The van der Waals surface area contributed by atoms with Gasteiger partial charge in [-0.1, -0.05) is 24.3 Å². The van der Waals surface area contributed by atoms with Crippen molar-refractivity contribution in [1.82, 2.24) is 5.43 Å². The van der Waals surface area contributed by atoms with E-state index < -0.39 is 17.7 Å². The van der Waals surface area contributed by atoms with Crippen molar-refractivity contribution in [2.24, 2.45) is 10.8 Å². The number of hydrazone groups is 1. The second kappa shape index (κ2) is 7.16. The molecule has 0 aromatic heterocycles. The van der Waals surface area contributed by atoms with Crippen molar-refractivity contribution in [3.05, 3.63) is 65.2 Å². The average molecular weight is 305 g/mol. The highest BCUT2D eigenvalue weighted by Gasteiger charge is 2.06. The van der Waals surface area contributed by atoms with Crippen LogP contribution in [-0.2, 0) is 6.61 Å². The smallest absolute Gasteiger partial charge is 0.332 e. The van der Waals surface area contributed by atoms with Crippen LogP contribution in [0, 0.1) is 11.6 Å². The van der Waals surface area contributed by atoms with E-state index in [0.29, 0.717) is 11.1 Å². The van der Waals surface area contributed by atoms with Crippen LogP contribution in [0.3, 0.4) is 0 Å². The minimum absolute atomic E-state index is 0.0524. The Kier molecular flexibility index (Phi) is 5.02. The number of rotatable bonds is 5. The Hall–Kier alpha value is -2.96. The van der Waals surface area contributed by atoms with E-state index in [2.05, 4.69) is 10.5 Å². The fourth-order valence-corrected chi connectivity index (χ4v) is 1.70. The molecule has 0 spiro atoms. The molecule has 0 radical (unpaired) electrons. The number of urea groups is 1. The van der Waals surface area contributed by atoms with Gasteiger partial charge in [-0.15, -0.1) is 0 Å². The molecule has 22 heavy (non-hydrogen) atoms. The maximum absolute atomic E-state index is 13.5. The van der Waals surface area contributed by atoms with Crippen LogP contribution in [0.15, 0.2) is 47.6 Å². The number of carbonyl (C=O) groups is 1. The van der Waals surface area contributed by atoms with Crippen molar-refractivity contribution < 1.29 is 18.3 Å². The molecule has 0 aliphatic heterocycles. The number of primary amides is 1. The number of carbonyl (C=O) groups excluding carboxylic acids is 1. The SMILES string of the molecule is NC(=O)NN=Cc1ccccc1COc1ccc(F)cc1F. The van der Waals surface area contributed by atoms with Crippen LogP contribution in [0.5, 0.6) is 5.75 Å². The number of nitrogens with one attached hydrogen (secondary N) is 1. The molecule has 5 nitrogen and oxygen atoms in total. The van der Waals surface area contributed by atoms with Gasteiger partial charge in [-0.25, -0.2) is 19.0 Å². The maximum Gasteiger partial charge on any atom is 0.332 e. The van der Waals surface area contributed by atoms with Gasteiger partial charge >= 0.3 is 6.03 Å². The number of amides is 2. The molecule has 2 rings (SSSR count). The van der Waals surface area contributed by atoms with Crippen molar-refractivity contribution >= 4 is 12.2 Å². The number of nitrogens with zero attached hydrogens (tertiary/aromatic N) is 1. The summed E-state index contributed by atoms with van der Waals surface area (Å²) in [6, 6.07) is 9.35. The van der Waals surface area contributed by atoms with Crippen molar-refractivity contribution in [2.45, 2.75) is 6.61 Å². The number of nitrogens with two attached hydrogens (primary N) is 1. The average Bonchev–Trinajstić information content (AvgIpc) is 2.47. The maximum atomic E-state index is 13.5. The Balaban J connectivity index is 2.09.